The zero-order chi connectivity index (χ0) is 21.2. The Morgan fingerprint density at radius 1 is 1.17 bits per heavy atom. The van der Waals surface area contributed by atoms with Crippen LogP contribution in [0.1, 0.15) is 29.8 Å². The summed E-state index contributed by atoms with van der Waals surface area (Å²) in [7, 11) is 0. The number of nitrogens with two attached hydrogens (primary N) is 1. The van der Waals surface area contributed by atoms with Crippen molar-refractivity contribution in [2.75, 3.05) is 17.6 Å². The van der Waals surface area contributed by atoms with E-state index in [1.807, 2.05) is 13.8 Å². The number of benzene rings is 2. The number of alkyl halides is 3. The van der Waals surface area contributed by atoms with E-state index in [9.17, 15) is 18.0 Å². The summed E-state index contributed by atoms with van der Waals surface area (Å²) >= 11 is 1.31. The van der Waals surface area contributed by atoms with Gasteiger partial charge in [-0.05, 0) is 48.4 Å². The van der Waals surface area contributed by atoms with Gasteiger partial charge in [-0.3, -0.25) is 4.79 Å². The van der Waals surface area contributed by atoms with E-state index < -0.39 is 11.7 Å². The summed E-state index contributed by atoms with van der Waals surface area (Å²) in [6, 6.07) is 9.79. The molecule has 0 saturated heterocycles. The maximum Gasteiger partial charge on any atom is 0.416 e. The highest BCUT2D eigenvalue weighted by Crippen LogP contribution is 2.30. The van der Waals surface area contributed by atoms with Crippen LogP contribution in [0, 0.1) is 5.92 Å². The largest absolute Gasteiger partial charge is 0.416 e. The summed E-state index contributed by atoms with van der Waals surface area (Å²) < 4.78 is 38.8. The number of rotatable bonds is 6. The molecule has 0 aliphatic rings. The molecule has 2 aromatic carbocycles. The predicted octanol–water partition coefficient (Wildman–Crippen LogP) is 4.76. The van der Waals surface area contributed by atoms with Crippen molar-refractivity contribution < 1.29 is 18.0 Å². The molecule has 3 aromatic rings. The number of aromatic nitrogens is 1. The molecule has 0 fully saturated rings. The first-order chi connectivity index (χ1) is 13.6. The zero-order valence-corrected chi connectivity index (χ0v) is 16.7. The van der Waals surface area contributed by atoms with E-state index in [1.165, 1.54) is 23.5 Å². The van der Waals surface area contributed by atoms with Gasteiger partial charge in [0.25, 0.3) is 5.91 Å². The Morgan fingerprint density at radius 3 is 2.48 bits per heavy atom. The van der Waals surface area contributed by atoms with Crippen LogP contribution in [0.2, 0.25) is 0 Å². The van der Waals surface area contributed by atoms with Crippen LogP contribution in [0.5, 0.6) is 0 Å². The van der Waals surface area contributed by atoms with Crippen molar-refractivity contribution in [2.45, 2.75) is 26.1 Å². The topological polar surface area (TPSA) is 80.0 Å². The van der Waals surface area contributed by atoms with Crippen molar-refractivity contribution in [1.29, 1.82) is 0 Å². The second-order valence-electron chi connectivity index (χ2n) is 7.01. The molecule has 1 aromatic heterocycles. The fraction of sp³-hybridized carbons (Fsp3) is 0.300. The maximum atomic E-state index is 12.7. The molecule has 1 heterocycles. The van der Waals surface area contributed by atoms with Crippen LogP contribution < -0.4 is 16.4 Å². The summed E-state index contributed by atoms with van der Waals surface area (Å²) in [5, 5.41) is 6.51. The lowest BCUT2D eigenvalue weighted by molar-refractivity contribution is -0.137. The van der Waals surface area contributed by atoms with Gasteiger partial charge in [0.1, 0.15) is 0 Å². The average molecular weight is 422 g/mol. The van der Waals surface area contributed by atoms with Gasteiger partial charge in [-0.1, -0.05) is 25.2 Å². The van der Waals surface area contributed by atoms with Gasteiger partial charge >= 0.3 is 6.18 Å². The highest BCUT2D eigenvalue weighted by atomic mass is 32.1. The van der Waals surface area contributed by atoms with Crippen LogP contribution >= 0.6 is 11.3 Å². The number of nitrogen functional groups attached to an aromatic ring is 1. The summed E-state index contributed by atoms with van der Waals surface area (Å²) in [5.74, 6) is -0.115. The molecule has 0 bridgehead atoms. The molecule has 0 aliphatic carbocycles. The molecule has 3 rings (SSSR count). The standard InChI is InChI=1S/C20H21F3N4OS/c1-11(2)16(10-25-14-6-4-13(5-7-14)20(21,22)23)26-18(28)12-3-8-15-17(9-12)29-19(24)27-15/h3-9,11,16,25H,10H2,1-2H3,(H2,24,27)(H,26,28)/t16-/m1/s1. The Labute approximate surface area is 170 Å². The molecule has 1 amide bonds. The molecule has 29 heavy (non-hydrogen) atoms. The number of hydrogen-bond donors (Lipinski definition) is 3. The molecule has 0 aliphatic heterocycles. The average Bonchev–Trinajstić information content (AvgIpc) is 3.03. The number of fused-ring (bicyclic) bond motifs is 1. The van der Waals surface area contributed by atoms with E-state index in [0.29, 0.717) is 22.9 Å². The van der Waals surface area contributed by atoms with Gasteiger partial charge in [0.2, 0.25) is 0 Å². The van der Waals surface area contributed by atoms with Gasteiger partial charge in [0.05, 0.1) is 15.8 Å². The van der Waals surface area contributed by atoms with E-state index in [1.54, 1.807) is 18.2 Å². The summed E-state index contributed by atoms with van der Waals surface area (Å²) in [4.78, 5) is 16.8. The molecule has 9 heteroatoms. The second-order valence-corrected chi connectivity index (χ2v) is 8.08. The third-order valence-corrected chi connectivity index (χ3v) is 5.37. The normalized spacial score (nSPS) is 12.9. The van der Waals surface area contributed by atoms with Crippen molar-refractivity contribution >= 4 is 38.3 Å². The van der Waals surface area contributed by atoms with E-state index in [2.05, 4.69) is 15.6 Å². The molecule has 154 valence electrons. The lowest BCUT2D eigenvalue weighted by Gasteiger charge is -2.23. The highest BCUT2D eigenvalue weighted by molar-refractivity contribution is 7.22. The predicted molar refractivity (Wildman–Crippen MR) is 110 cm³/mol. The Morgan fingerprint density at radius 2 is 1.86 bits per heavy atom. The fourth-order valence-electron chi connectivity index (χ4n) is 2.79. The highest BCUT2D eigenvalue weighted by Gasteiger charge is 2.30. The number of hydrogen-bond acceptors (Lipinski definition) is 5. The Bertz CT molecular complexity index is 999. The van der Waals surface area contributed by atoms with Crippen LogP contribution in [0.25, 0.3) is 10.2 Å². The third-order valence-electron chi connectivity index (χ3n) is 4.53. The summed E-state index contributed by atoms with van der Waals surface area (Å²) in [5.41, 5.74) is 6.80. The first-order valence-electron chi connectivity index (χ1n) is 9.01. The number of nitrogens with zero attached hydrogens (tertiary/aromatic N) is 1. The van der Waals surface area contributed by atoms with Crippen LogP contribution in [0.3, 0.4) is 0 Å². The van der Waals surface area contributed by atoms with E-state index >= 15 is 0 Å². The van der Waals surface area contributed by atoms with E-state index in [-0.39, 0.29) is 17.9 Å². The van der Waals surface area contributed by atoms with Crippen LogP contribution in [-0.2, 0) is 6.18 Å². The fourth-order valence-corrected chi connectivity index (χ4v) is 3.57. The van der Waals surface area contributed by atoms with Gasteiger partial charge in [0.15, 0.2) is 5.13 Å². The maximum absolute atomic E-state index is 12.7. The second kappa shape index (κ2) is 8.28. The van der Waals surface area contributed by atoms with Crippen LogP contribution in [-0.4, -0.2) is 23.5 Å². The minimum Gasteiger partial charge on any atom is -0.383 e. The number of anilines is 2. The summed E-state index contributed by atoms with van der Waals surface area (Å²) in [6.07, 6.45) is -4.36. The Kier molecular flexibility index (Phi) is 5.97. The first kappa shape index (κ1) is 20.9. The molecule has 4 N–H and O–H groups in total. The van der Waals surface area contributed by atoms with E-state index in [0.717, 1.165) is 22.3 Å². The van der Waals surface area contributed by atoms with Gasteiger partial charge in [0, 0.05) is 23.8 Å². The Balaban J connectivity index is 1.65. The number of carbonyl (C=O) groups excluding carboxylic acids is 1. The molecule has 5 nitrogen and oxygen atoms in total. The van der Waals surface area contributed by atoms with Crippen molar-refractivity contribution in [2.24, 2.45) is 5.92 Å². The van der Waals surface area contributed by atoms with Gasteiger partial charge in [-0.25, -0.2) is 4.98 Å². The molecule has 0 unspecified atom stereocenters. The lowest BCUT2D eigenvalue weighted by atomic mass is 10.0. The molecule has 0 radical (unpaired) electrons. The molecule has 0 spiro atoms. The monoisotopic (exact) mass is 422 g/mol. The van der Waals surface area contributed by atoms with Crippen LogP contribution in [0.4, 0.5) is 24.0 Å². The number of halogens is 3. The van der Waals surface area contributed by atoms with Crippen molar-refractivity contribution in [3.63, 3.8) is 0 Å². The SMILES string of the molecule is CC(C)[C@@H](CNc1ccc(C(F)(F)F)cc1)NC(=O)c1ccc2nc(N)sc2c1. The Hall–Kier alpha value is -2.81. The minimum absolute atomic E-state index is 0.115. The minimum atomic E-state index is -4.36. The number of nitrogens with one attached hydrogen (secondary N) is 2. The quantitative estimate of drug-likeness (QED) is 0.535. The number of carbonyl (C=O) groups is 1. The van der Waals surface area contributed by atoms with Crippen LogP contribution in [0.15, 0.2) is 42.5 Å². The first-order valence-corrected chi connectivity index (χ1v) is 9.83. The third kappa shape index (κ3) is 5.17. The zero-order valence-electron chi connectivity index (χ0n) is 15.9. The van der Waals surface area contributed by atoms with Crippen molar-refractivity contribution in [3.05, 3.63) is 53.6 Å². The van der Waals surface area contributed by atoms with Crippen molar-refractivity contribution in [3.8, 4) is 0 Å². The summed E-state index contributed by atoms with van der Waals surface area (Å²) in [6.45, 7) is 4.31. The molecule has 0 saturated carbocycles. The van der Waals surface area contributed by atoms with Gasteiger partial charge in [-0.15, -0.1) is 0 Å². The number of amides is 1. The lowest BCUT2D eigenvalue weighted by Crippen LogP contribution is -2.43. The van der Waals surface area contributed by atoms with Gasteiger partial charge < -0.3 is 16.4 Å². The molecule has 1 atom stereocenters. The smallest absolute Gasteiger partial charge is 0.383 e. The van der Waals surface area contributed by atoms with Crippen molar-refractivity contribution in [1.82, 2.24) is 10.3 Å². The van der Waals surface area contributed by atoms with E-state index in [4.69, 9.17) is 5.73 Å². The van der Waals surface area contributed by atoms with Gasteiger partial charge in [-0.2, -0.15) is 13.2 Å². The molecular weight excluding hydrogens is 401 g/mol. The number of thiazole rings is 1. The molecular formula is C20H21F3N4OS.